The van der Waals surface area contributed by atoms with Crippen molar-refractivity contribution in [2.75, 3.05) is 13.1 Å². The Bertz CT molecular complexity index is 1060. The predicted molar refractivity (Wildman–Crippen MR) is 91.3 cm³/mol. The van der Waals surface area contributed by atoms with E-state index in [0.29, 0.717) is 5.88 Å². The van der Waals surface area contributed by atoms with E-state index < -0.39 is 32.7 Å². The monoisotopic (exact) mass is 376 g/mol. The largest absolute Gasteiger partial charge is 0.472 e. The van der Waals surface area contributed by atoms with Crippen LogP contribution in [0.5, 0.6) is 5.88 Å². The number of pyridine rings is 1. The minimum Gasteiger partial charge on any atom is -0.472 e. The third-order valence-corrected chi connectivity index (χ3v) is 6.08. The van der Waals surface area contributed by atoms with E-state index in [-0.39, 0.29) is 13.1 Å². The molecule has 1 aromatic heterocycles. The summed E-state index contributed by atoms with van der Waals surface area (Å²) in [6, 6.07) is 14.1. The lowest BCUT2D eigenvalue weighted by atomic mass is 10.2. The highest BCUT2D eigenvalue weighted by atomic mass is 32.2. The van der Waals surface area contributed by atoms with E-state index in [4.69, 9.17) is 4.74 Å². The van der Waals surface area contributed by atoms with Crippen molar-refractivity contribution in [3.8, 4) is 5.88 Å². The van der Waals surface area contributed by atoms with E-state index >= 15 is 0 Å². The van der Waals surface area contributed by atoms with E-state index in [1.54, 1.807) is 6.07 Å². The molecule has 5 nitrogen and oxygen atoms in total. The molecular weight excluding hydrogens is 362 g/mol. The van der Waals surface area contributed by atoms with Crippen molar-refractivity contribution < 1.29 is 21.9 Å². The average Bonchev–Trinajstić information content (AvgIpc) is 2.57. The molecule has 0 amide bonds. The van der Waals surface area contributed by atoms with Crippen molar-refractivity contribution in [3.05, 3.63) is 66.2 Å². The molecule has 0 aliphatic carbocycles. The normalized spacial score (nSPS) is 15.8. The van der Waals surface area contributed by atoms with E-state index in [0.717, 1.165) is 33.4 Å². The number of benzene rings is 2. The number of hydrogen-bond acceptors (Lipinski definition) is 4. The van der Waals surface area contributed by atoms with Crippen molar-refractivity contribution >= 4 is 20.9 Å². The molecule has 8 heteroatoms. The number of rotatable bonds is 4. The summed E-state index contributed by atoms with van der Waals surface area (Å²) in [4.78, 5) is 3.43. The Balaban J connectivity index is 1.48. The van der Waals surface area contributed by atoms with E-state index in [2.05, 4.69) is 4.98 Å². The number of para-hydroxylation sites is 1. The molecule has 0 bridgehead atoms. The van der Waals surface area contributed by atoms with Crippen LogP contribution in [0.15, 0.2) is 59.5 Å². The average molecular weight is 376 g/mol. The van der Waals surface area contributed by atoms with Gasteiger partial charge in [-0.05, 0) is 24.3 Å². The van der Waals surface area contributed by atoms with Gasteiger partial charge >= 0.3 is 0 Å². The Morgan fingerprint density at radius 3 is 2.38 bits per heavy atom. The molecule has 1 fully saturated rings. The number of halogens is 2. The Labute approximate surface area is 148 Å². The number of hydrogen-bond donors (Lipinski definition) is 0. The molecule has 0 N–H and O–H groups in total. The van der Waals surface area contributed by atoms with Crippen LogP contribution in [-0.2, 0) is 10.0 Å². The molecule has 0 saturated carbocycles. The van der Waals surface area contributed by atoms with Crippen molar-refractivity contribution in [3.63, 3.8) is 0 Å². The lowest BCUT2D eigenvalue weighted by molar-refractivity contribution is 0.0721. The fraction of sp³-hybridized carbons (Fsp3) is 0.167. The molecule has 1 aliphatic rings. The smallest absolute Gasteiger partial charge is 0.249 e. The zero-order valence-electron chi connectivity index (χ0n) is 13.5. The summed E-state index contributed by atoms with van der Waals surface area (Å²) in [6.07, 6.45) is -0.423. The fourth-order valence-corrected chi connectivity index (χ4v) is 4.43. The molecule has 0 atom stereocenters. The zero-order chi connectivity index (χ0) is 18.3. The Hall–Kier alpha value is -2.58. The quantitative estimate of drug-likeness (QED) is 0.703. The van der Waals surface area contributed by atoms with Gasteiger partial charge in [0.25, 0.3) is 0 Å². The lowest BCUT2D eigenvalue weighted by Crippen LogP contribution is -2.56. The maximum absolute atomic E-state index is 13.8. The van der Waals surface area contributed by atoms with Crippen molar-refractivity contribution in [2.24, 2.45) is 0 Å². The molecule has 2 aromatic carbocycles. The molecule has 1 aliphatic heterocycles. The summed E-state index contributed by atoms with van der Waals surface area (Å²) in [6.45, 7) is 0.00916. The summed E-state index contributed by atoms with van der Waals surface area (Å²) in [5, 5.41) is 0.965. The first-order valence-electron chi connectivity index (χ1n) is 7.92. The first kappa shape index (κ1) is 16.9. The maximum Gasteiger partial charge on any atom is 0.249 e. The number of aromatic nitrogens is 1. The number of sulfonamides is 1. The Morgan fingerprint density at radius 1 is 0.962 bits per heavy atom. The minimum atomic E-state index is -4.24. The standard InChI is InChI=1S/C18H14F2N2O3S/c19-14-5-3-6-15(20)18(14)26(23,24)22-10-13(11-22)25-17-9-8-12-4-1-2-7-16(12)21-17/h1-9,13H,10-11H2. The molecule has 1 saturated heterocycles. The van der Waals surface area contributed by atoms with Gasteiger partial charge in [0.1, 0.15) is 17.7 Å². The van der Waals surface area contributed by atoms with Crippen molar-refractivity contribution in [2.45, 2.75) is 11.0 Å². The second-order valence-electron chi connectivity index (χ2n) is 5.95. The topological polar surface area (TPSA) is 59.5 Å². The molecule has 2 heterocycles. The highest BCUT2D eigenvalue weighted by Crippen LogP contribution is 2.28. The van der Waals surface area contributed by atoms with Gasteiger partial charge in [-0.2, -0.15) is 4.31 Å². The van der Waals surface area contributed by atoms with Crippen LogP contribution in [-0.4, -0.2) is 36.9 Å². The van der Waals surface area contributed by atoms with Crippen LogP contribution < -0.4 is 4.74 Å². The van der Waals surface area contributed by atoms with Crippen molar-refractivity contribution in [1.29, 1.82) is 0 Å². The summed E-state index contributed by atoms with van der Waals surface area (Å²) in [5.74, 6) is -1.83. The Morgan fingerprint density at radius 2 is 1.65 bits per heavy atom. The summed E-state index contributed by atoms with van der Waals surface area (Å²) in [7, 11) is -4.24. The first-order valence-corrected chi connectivity index (χ1v) is 9.36. The van der Waals surface area contributed by atoms with Gasteiger partial charge in [0.15, 0.2) is 4.90 Å². The highest BCUT2D eigenvalue weighted by Gasteiger charge is 2.40. The van der Waals surface area contributed by atoms with E-state index in [9.17, 15) is 17.2 Å². The van der Waals surface area contributed by atoms with Crippen molar-refractivity contribution in [1.82, 2.24) is 9.29 Å². The lowest BCUT2D eigenvalue weighted by Gasteiger charge is -2.37. The number of nitrogens with zero attached hydrogens (tertiary/aromatic N) is 2. The van der Waals surface area contributed by atoms with Crippen LogP contribution in [0.2, 0.25) is 0 Å². The van der Waals surface area contributed by atoms with Gasteiger partial charge in [-0.25, -0.2) is 22.2 Å². The van der Waals surface area contributed by atoms with Gasteiger partial charge in [-0.3, -0.25) is 0 Å². The van der Waals surface area contributed by atoms with Gasteiger partial charge in [0, 0.05) is 11.5 Å². The molecule has 0 spiro atoms. The second kappa shape index (κ2) is 6.30. The van der Waals surface area contributed by atoms with Crippen LogP contribution >= 0.6 is 0 Å². The zero-order valence-corrected chi connectivity index (χ0v) is 14.3. The summed E-state index contributed by atoms with van der Waals surface area (Å²) < 4.78 is 59.0. The molecule has 26 heavy (non-hydrogen) atoms. The predicted octanol–water partition coefficient (Wildman–Crippen LogP) is 2.96. The van der Waals surface area contributed by atoms with Gasteiger partial charge in [-0.1, -0.05) is 24.3 Å². The third-order valence-electron chi connectivity index (χ3n) is 4.19. The number of ether oxygens (including phenoxy) is 1. The summed E-state index contributed by atoms with van der Waals surface area (Å²) >= 11 is 0. The molecule has 4 rings (SSSR count). The first-order chi connectivity index (χ1) is 12.4. The SMILES string of the molecule is O=S(=O)(c1c(F)cccc1F)N1CC(Oc2ccc3ccccc3n2)C1. The van der Waals surface area contributed by atoms with Crippen LogP contribution in [0.4, 0.5) is 8.78 Å². The minimum absolute atomic E-state index is 0.00458. The van der Waals surface area contributed by atoms with Gasteiger partial charge < -0.3 is 4.74 Å². The van der Waals surface area contributed by atoms with Gasteiger partial charge in [0.2, 0.25) is 15.9 Å². The van der Waals surface area contributed by atoms with E-state index in [1.165, 1.54) is 0 Å². The molecule has 134 valence electrons. The fourth-order valence-electron chi connectivity index (χ4n) is 2.81. The van der Waals surface area contributed by atoms with Crippen LogP contribution in [0.3, 0.4) is 0 Å². The summed E-state index contributed by atoms with van der Waals surface area (Å²) in [5.41, 5.74) is 0.766. The van der Waals surface area contributed by atoms with Crippen LogP contribution in [0.25, 0.3) is 10.9 Å². The molecule has 0 unspecified atom stereocenters. The maximum atomic E-state index is 13.8. The van der Waals surface area contributed by atoms with E-state index in [1.807, 2.05) is 30.3 Å². The Kier molecular flexibility index (Phi) is 4.08. The third kappa shape index (κ3) is 2.91. The number of fused-ring (bicyclic) bond motifs is 1. The highest BCUT2D eigenvalue weighted by molar-refractivity contribution is 7.89. The van der Waals surface area contributed by atoms with Gasteiger partial charge in [0.05, 0.1) is 18.6 Å². The molecule has 0 radical (unpaired) electrons. The van der Waals surface area contributed by atoms with Crippen LogP contribution in [0.1, 0.15) is 0 Å². The van der Waals surface area contributed by atoms with Crippen LogP contribution in [0, 0.1) is 11.6 Å². The molecule has 3 aromatic rings. The van der Waals surface area contributed by atoms with Gasteiger partial charge in [-0.15, -0.1) is 0 Å². The second-order valence-corrected chi connectivity index (χ2v) is 7.83. The molecular formula is C18H14F2N2O3S.